The number of hydrogen-bond acceptors (Lipinski definition) is 4. The van der Waals surface area contributed by atoms with Gasteiger partial charge in [-0.3, -0.25) is 9.69 Å². The summed E-state index contributed by atoms with van der Waals surface area (Å²) >= 11 is 1.88. The molecular weight excluding hydrogens is 344 g/mol. The number of likely N-dealkylation sites (tertiary alicyclic amines) is 1. The van der Waals surface area contributed by atoms with E-state index in [9.17, 15) is 4.79 Å². The van der Waals surface area contributed by atoms with E-state index in [-0.39, 0.29) is 11.4 Å². The van der Waals surface area contributed by atoms with Gasteiger partial charge in [0.05, 0.1) is 17.6 Å². The van der Waals surface area contributed by atoms with Crippen molar-refractivity contribution in [3.8, 4) is 0 Å². The summed E-state index contributed by atoms with van der Waals surface area (Å²) in [6.07, 6.45) is 5.93. The molecule has 0 N–H and O–H groups in total. The highest BCUT2D eigenvalue weighted by Crippen LogP contribution is 2.52. The van der Waals surface area contributed by atoms with Crippen molar-refractivity contribution in [1.29, 1.82) is 0 Å². The molecule has 1 saturated carbocycles. The van der Waals surface area contributed by atoms with E-state index in [4.69, 9.17) is 4.74 Å². The normalized spacial score (nSPS) is 29.7. The average molecular weight is 379 g/mol. The van der Waals surface area contributed by atoms with Crippen LogP contribution in [0.4, 0.5) is 0 Å². The Bertz CT molecular complexity index is 616. The number of carbonyl (C=O) groups is 1. The molecular formula is C21H34N2O2S. The lowest BCUT2D eigenvalue weighted by molar-refractivity contribution is -0.142. The molecule has 1 aliphatic carbocycles. The minimum atomic E-state index is -0.431. The number of hydrogen-bond donors (Lipinski definition) is 0. The first kappa shape index (κ1) is 19.8. The summed E-state index contributed by atoms with van der Waals surface area (Å²) < 4.78 is 5.27. The second-order valence-electron chi connectivity index (χ2n) is 9.20. The Morgan fingerprint density at radius 1 is 1.27 bits per heavy atom. The van der Waals surface area contributed by atoms with Crippen LogP contribution < -0.4 is 0 Å². The van der Waals surface area contributed by atoms with E-state index in [0.29, 0.717) is 12.0 Å². The van der Waals surface area contributed by atoms with Crippen molar-refractivity contribution < 1.29 is 9.53 Å². The van der Waals surface area contributed by atoms with Gasteiger partial charge in [-0.2, -0.15) is 0 Å². The topological polar surface area (TPSA) is 32.8 Å². The first-order valence-corrected chi connectivity index (χ1v) is 10.6. The summed E-state index contributed by atoms with van der Waals surface area (Å²) in [6.45, 7) is 6.31. The summed E-state index contributed by atoms with van der Waals surface area (Å²) in [6, 6.07) is 4.46. The zero-order chi connectivity index (χ0) is 19.0. The number of nitrogens with zero attached hydrogens (tertiary/aromatic N) is 2. The number of thiophene rings is 1. The molecule has 0 radical (unpaired) electrons. The summed E-state index contributed by atoms with van der Waals surface area (Å²) in [4.78, 5) is 19.0. The van der Waals surface area contributed by atoms with Crippen LogP contribution in [0.15, 0.2) is 17.5 Å². The summed E-state index contributed by atoms with van der Waals surface area (Å²) in [5.74, 6) is 0.249. The monoisotopic (exact) mass is 378 g/mol. The molecule has 2 heterocycles. The molecule has 1 aromatic heterocycles. The van der Waals surface area contributed by atoms with Gasteiger partial charge in [0.1, 0.15) is 0 Å². The quantitative estimate of drug-likeness (QED) is 0.777. The molecule has 4 nitrogen and oxygen atoms in total. The average Bonchev–Trinajstić information content (AvgIpc) is 3.26. The van der Waals surface area contributed by atoms with Crippen LogP contribution in [0.25, 0.3) is 0 Å². The number of ether oxygens (including phenoxy) is 1. The van der Waals surface area contributed by atoms with Gasteiger partial charge in [-0.25, -0.2) is 0 Å². The van der Waals surface area contributed by atoms with Gasteiger partial charge < -0.3 is 9.64 Å². The maximum atomic E-state index is 12.9. The maximum absolute atomic E-state index is 12.9. The molecule has 2 fully saturated rings. The number of rotatable bonds is 5. The van der Waals surface area contributed by atoms with E-state index in [2.05, 4.69) is 41.4 Å². The molecule has 0 aromatic carbocycles. The second kappa shape index (κ2) is 7.25. The molecule has 1 saturated heterocycles. The molecule has 1 aromatic rings. The third kappa shape index (κ3) is 3.46. The molecule has 146 valence electrons. The third-order valence-corrected chi connectivity index (χ3v) is 7.85. The van der Waals surface area contributed by atoms with Crippen LogP contribution in [0.3, 0.4) is 0 Å². The van der Waals surface area contributed by atoms with Gasteiger partial charge >= 0.3 is 0 Å². The Morgan fingerprint density at radius 2 is 1.96 bits per heavy atom. The zero-order valence-electron chi connectivity index (χ0n) is 17.0. The molecule has 0 unspecified atom stereocenters. The fraction of sp³-hybridized carbons (Fsp3) is 0.762. The number of carbonyl (C=O) groups excluding carboxylic acids is 1. The lowest BCUT2D eigenvalue weighted by Gasteiger charge is -2.48. The van der Waals surface area contributed by atoms with Crippen LogP contribution in [0, 0.1) is 10.8 Å². The van der Waals surface area contributed by atoms with Gasteiger partial charge in [0.25, 0.3) is 0 Å². The molecule has 3 rings (SSSR count). The van der Waals surface area contributed by atoms with E-state index in [0.717, 1.165) is 19.5 Å². The van der Waals surface area contributed by atoms with Crippen LogP contribution in [0.5, 0.6) is 0 Å². The Kier molecular flexibility index (Phi) is 5.53. The highest BCUT2D eigenvalue weighted by molar-refractivity contribution is 7.10. The van der Waals surface area contributed by atoms with Crippen molar-refractivity contribution >= 4 is 17.2 Å². The maximum Gasteiger partial charge on any atom is 0.230 e. The fourth-order valence-electron chi connectivity index (χ4n) is 5.02. The number of methoxy groups -OCH3 is 1. The van der Waals surface area contributed by atoms with Gasteiger partial charge in [0.15, 0.2) is 0 Å². The van der Waals surface area contributed by atoms with Crippen LogP contribution in [-0.2, 0) is 15.1 Å². The van der Waals surface area contributed by atoms with E-state index >= 15 is 0 Å². The third-order valence-electron chi connectivity index (χ3n) is 6.78. The Morgan fingerprint density at radius 3 is 2.50 bits per heavy atom. The standard InChI is InChI=1S/C21H34N2O2S/c1-19(2,16-25-5)18(24)23-13-12-20(15-23)8-10-21(11-9-20,22(3)4)17-7-6-14-26-17/h6-7,14H,8-13,15-16H2,1-5H3. The van der Waals surface area contributed by atoms with Crippen molar-refractivity contribution in [3.05, 3.63) is 22.4 Å². The molecule has 5 heteroatoms. The van der Waals surface area contributed by atoms with Gasteiger partial charge in [-0.15, -0.1) is 11.3 Å². The first-order chi connectivity index (χ1) is 12.2. The van der Waals surface area contributed by atoms with Gasteiger partial charge in [0.2, 0.25) is 5.91 Å². The van der Waals surface area contributed by atoms with Crippen LogP contribution in [-0.4, -0.2) is 56.6 Å². The minimum absolute atomic E-state index is 0.173. The molecule has 1 spiro atoms. The van der Waals surface area contributed by atoms with E-state index in [1.54, 1.807) is 7.11 Å². The van der Waals surface area contributed by atoms with E-state index < -0.39 is 5.41 Å². The molecule has 0 atom stereocenters. The minimum Gasteiger partial charge on any atom is -0.384 e. The summed E-state index contributed by atoms with van der Waals surface area (Å²) in [7, 11) is 6.11. The molecule has 26 heavy (non-hydrogen) atoms. The van der Waals surface area contributed by atoms with Gasteiger partial charge in [0, 0.05) is 25.1 Å². The SMILES string of the molecule is COCC(C)(C)C(=O)N1CCC2(CCC(c3cccs3)(N(C)C)CC2)C1. The van der Waals surface area contributed by atoms with Crippen molar-refractivity contribution in [3.63, 3.8) is 0 Å². The summed E-state index contributed by atoms with van der Waals surface area (Å²) in [5, 5.41) is 2.19. The lowest BCUT2D eigenvalue weighted by atomic mass is 9.66. The Labute approximate surface area is 162 Å². The smallest absolute Gasteiger partial charge is 0.230 e. The molecule has 0 bridgehead atoms. The molecule has 2 aliphatic rings. The second-order valence-corrected chi connectivity index (χ2v) is 10.1. The van der Waals surface area contributed by atoms with E-state index in [1.165, 1.54) is 30.6 Å². The first-order valence-electron chi connectivity index (χ1n) is 9.75. The predicted molar refractivity (Wildman–Crippen MR) is 107 cm³/mol. The van der Waals surface area contributed by atoms with Crippen molar-refractivity contribution in [2.75, 3.05) is 40.9 Å². The van der Waals surface area contributed by atoms with Gasteiger partial charge in [-0.05, 0) is 76.9 Å². The largest absolute Gasteiger partial charge is 0.384 e. The van der Waals surface area contributed by atoms with Crippen LogP contribution in [0.1, 0.15) is 50.8 Å². The number of amides is 1. The molecule has 1 amide bonds. The highest BCUT2D eigenvalue weighted by Gasteiger charge is 2.49. The zero-order valence-corrected chi connectivity index (χ0v) is 17.8. The van der Waals surface area contributed by atoms with Crippen LogP contribution >= 0.6 is 11.3 Å². The van der Waals surface area contributed by atoms with Crippen molar-refractivity contribution in [2.24, 2.45) is 10.8 Å². The predicted octanol–water partition coefficient (Wildman–Crippen LogP) is 3.97. The van der Waals surface area contributed by atoms with E-state index in [1.807, 2.05) is 25.2 Å². The fourth-order valence-corrected chi connectivity index (χ4v) is 6.09. The Hall–Kier alpha value is -0.910. The van der Waals surface area contributed by atoms with Crippen LogP contribution in [0.2, 0.25) is 0 Å². The lowest BCUT2D eigenvalue weighted by Crippen LogP contribution is -2.48. The highest BCUT2D eigenvalue weighted by atomic mass is 32.1. The molecule has 1 aliphatic heterocycles. The van der Waals surface area contributed by atoms with Gasteiger partial charge in [-0.1, -0.05) is 6.07 Å². The van der Waals surface area contributed by atoms with Crippen molar-refractivity contribution in [2.45, 2.75) is 51.5 Å². The Balaban J connectivity index is 1.69. The van der Waals surface area contributed by atoms with Crippen molar-refractivity contribution in [1.82, 2.24) is 9.80 Å². The summed E-state index contributed by atoms with van der Waals surface area (Å²) in [5.41, 5.74) is 0.0566.